The lowest BCUT2D eigenvalue weighted by Gasteiger charge is -2.22. The Balaban J connectivity index is 2.63. The molecule has 2 atom stereocenters. The van der Waals surface area contributed by atoms with Crippen molar-refractivity contribution in [2.75, 3.05) is 6.61 Å². The topological polar surface area (TPSA) is 38.3 Å². The fourth-order valence-electron chi connectivity index (χ4n) is 2.37. The maximum Gasteiger partial charge on any atom is 0.327 e. The molecule has 1 aromatic rings. The molecule has 0 saturated heterocycles. The average Bonchev–Trinajstić information content (AvgIpc) is 2.45. The molecule has 0 aliphatic rings. The number of nitrogens with one attached hydrogen (secondary N) is 1. The molecule has 0 aromatic heterocycles. The zero-order valence-corrected chi connectivity index (χ0v) is 13.8. The van der Waals surface area contributed by atoms with E-state index in [1.54, 1.807) is 0 Å². The summed E-state index contributed by atoms with van der Waals surface area (Å²) in [4.78, 5) is 12.2. The van der Waals surface area contributed by atoms with Crippen LogP contribution in [0.25, 0.3) is 0 Å². The molecule has 118 valence electrons. The molecule has 0 amide bonds. The van der Waals surface area contributed by atoms with Crippen LogP contribution in [-0.2, 0) is 9.53 Å². The summed E-state index contributed by atoms with van der Waals surface area (Å²) in [5, 5.41) is 3.42. The highest BCUT2D eigenvalue weighted by Crippen LogP contribution is 2.17. The van der Waals surface area contributed by atoms with Crippen molar-refractivity contribution in [3.63, 3.8) is 0 Å². The summed E-state index contributed by atoms with van der Waals surface area (Å²) >= 11 is 0. The number of rotatable bonds is 9. The highest BCUT2D eigenvalue weighted by molar-refractivity contribution is 5.77. The summed E-state index contributed by atoms with van der Waals surface area (Å²) in [7, 11) is 0. The Morgan fingerprint density at radius 3 is 2.38 bits per heavy atom. The lowest BCUT2D eigenvalue weighted by molar-refractivity contribution is -0.146. The summed E-state index contributed by atoms with van der Waals surface area (Å²) in [5.41, 5.74) is 0.964. The minimum Gasteiger partial charge on any atom is -0.465 e. The molecule has 0 spiro atoms. The molecule has 0 heterocycles. The Morgan fingerprint density at radius 2 is 1.81 bits per heavy atom. The summed E-state index contributed by atoms with van der Waals surface area (Å²) in [6, 6.07) is 9.71. The third kappa shape index (κ3) is 6.76. The standard InChI is InChI=1S/C18H29NO2/c1-5-21-18(20)17(16-12-7-6-8-13-16)19-15(4)11-9-10-14(2)3/h6-8,12-15,17,19H,5,9-11H2,1-4H3. The molecular weight excluding hydrogens is 262 g/mol. The minimum atomic E-state index is -0.375. The second-order valence-corrected chi connectivity index (χ2v) is 5.99. The van der Waals surface area contributed by atoms with E-state index in [4.69, 9.17) is 4.74 Å². The van der Waals surface area contributed by atoms with Gasteiger partial charge in [0.25, 0.3) is 0 Å². The van der Waals surface area contributed by atoms with E-state index in [9.17, 15) is 4.79 Å². The zero-order valence-electron chi connectivity index (χ0n) is 13.8. The Morgan fingerprint density at radius 1 is 1.14 bits per heavy atom. The van der Waals surface area contributed by atoms with Gasteiger partial charge in [-0.1, -0.05) is 57.0 Å². The van der Waals surface area contributed by atoms with Gasteiger partial charge in [0.15, 0.2) is 0 Å². The normalized spacial score (nSPS) is 14.0. The van der Waals surface area contributed by atoms with Crippen molar-refractivity contribution >= 4 is 5.97 Å². The molecule has 0 bridgehead atoms. The van der Waals surface area contributed by atoms with Gasteiger partial charge in [0.2, 0.25) is 0 Å². The van der Waals surface area contributed by atoms with Crippen molar-refractivity contribution in [2.45, 2.75) is 59.0 Å². The fraction of sp³-hybridized carbons (Fsp3) is 0.611. The average molecular weight is 291 g/mol. The number of ether oxygens (including phenoxy) is 1. The monoisotopic (exact) mass is 291 g/mol. The number of benzene rings is 1. The largest absolute Gasteiger partial charge is 0.465 e. The van der Waals surface area contributed by atoms with Crippen LogP contribution < -0.4 is 5.32 Å². The van der Waals surface area contributed by atoms with E-state index in [0.29, 0.717) is 12.6 Å². The first-order valence-corrected chi connectivity index (χ1v) is 8.02. The van der Waals surface area contributed by atoms with Gasteiger partial charge >= 0.3 is 5.97 Å². The molecule has 1 rings (SSSR count). The van der Waals surface area contributed by atoms with Gasteiger partial charge in [-0.3, -0.25) is 5.32 Å². The van der Waals surface area contributed by atoms with Gasteiger partial charge in [-0.25, -0.2) is 4.79 Å². The smallest absolute Gasteiger partial charge is 0.327 e. The van der Waals surface area contributed by atoms with Gasteiger partial charge < -0.3 is 4.74 Å². The van der Waals surface area contributed by atoms with Crippen LogP contribution in [0.4, 0.5) is 0 Å². The van der Waals surface area contributed by atoms with Crippen LogP contribution in [0.2, 0.25) is 0 Å². The van der Waals surface area contributed by atoms with E-state index in [1.807, 2.05) is 37.3 Å². The molecule has 1 aromatic carbocycles. The Labute approximate surface area is 129 Å². The minimum absolute atomic E-state index is 0.195. The van der Waals surface area contributed by atoms with Gasteiger partial charge in [-0.15, -0.1) is 0 Å². The molecule has 21 heavy (non-hydrogen) atoms. The second-order valence-electron chi connectivity index (χ2n) is 5.99. The van der Waals surface area contributed by atoms with Crippen LogP contribution in [0.5, 0.6) is 0 Å². The van der Waals surface area contributed by atoms with Crippen molar-refractivity contribution in [2.24, 2.45) is 5.92 Å². The molecule has 3 heteroatoms. The Kier molecular flexibility index (Phi) is 8.06. The van der Waals surface area contributed by atoms with Crippen molar-refractivity contribution < 1.29 is 9.53 Å². The van der Waals surface area contributed by atoms with E-state index in [1.165, 1.54) is 12.8 Å². The summed E-state index contributed by atoms with van der Waals surface area (Å²) in [6.45, 7) is 8.86. The maximum absolute atomic E-state index is 12.2. The third-order valence-electron chi connectivity index (χ3n) is 3.53. The first-order valence-electron chi connectivity index (χ1n) is 8.02. The van der Waals surface area contributed by atoms with Crippen molar-refractivity contribution in [3.8, 4) is 0 Å². The molecule has 1 N–H and O–H groups in total. The molecule has 0 aliphatic heterocycles. The quantitative estimate of drug-likeness (QED) is 0.696. The number of carbonyl (C=O) groups is 1. The van der Waals surface area contributed by atoms with Gasteiger partial charge in [0.1, 0.15) is 6.04 Å². The lowest BCUT2D eigenvalue weighted by Crippen LogP contribution is -2.36. The number of hydrogen-bond acceptors (Lipinski definition) is 3. The first kappa shape index (κ1) is 17.7. The van der Waals surface area contributed by atoms with E-state index in [0.717, 1.165) is 17.9 Å². The Bertz CT molecular complexity index is 403. The van der Waals surface area contributed by atoms with Gasteiger partial charge in [-0.05, 0) is 31.7 Å². The van der Waals surface area contributed by atoms with Gasteiger partial charge in [-0.2, -0.15) is 0 Å². The van der Waals surface area contributed by atoms with E-state index in [-0.39, 0.29) is 12.0 Å². The predicted molar refractivity (Wildman–Crippen MR) is 87.1 cm³/mol. The van der Waals surface area contributed by atoms with Crippen molar-refractivity contribution in [3.05, 3.63) is 35.9 Å². The molecule has 0 fully saturated rings. The molecule has 2 unspecified atom stereocenters. The first-order chi connectivity index (χ1) is 10.0. The van der Waals surface area contributed by atoms with E-state index in [2.05, 4.69) is 26.1 Å². The lowest BCUT2D eigenvalue weighted by atomic mass is 10.0. The molecule has 3 nitrogen and oxygen atoms in total. The zero-order chi connectivity index (χ0) is 15.7. The SMILES string of the molecule is CCOC(=O)C(NC(C)CCCC(C)C)c1ccccc1. The summed E-state index contributed by atoms with van der Waals surface area (Å²) < 4.78 is 5.20. The predicted octanol–water partition coefficient (Wildman–Crippen LogP) is 4.10. The van der Waals surface area contributed by atoms with Crippen LogP contribution in [0, 0.1) is 5.92 Å². The summed E-state index contributed by atoms with van der Waals surface area (Å²) in [6.07, 6.45) is 3.47. The van der Waals surface area contributed by atoms with Crippen LogP contribution >= 0.6 is 0 Å². The van der Waals surface area contributed by atoms with Crippen LogP contribution in [0.1, 0.15) is 58.6 Å². The highest BCUT2D eigenvalue weighted by Gasteiger charge is 2.23. The highest BCUT2D eigenvalue weighted by atomic mass is 16.5. The summed E-state index contributed by atoms with van der Waals surface area (Å²) in [5.74, 6) is 0.534. The van der Waals surface area contributed by atoms with E-state index < -0.39 is 0 Å². The van der Waals surface area contributed by atoms with Crippen molar-refractivity contribution in [1.29, 1.82) is 0 Å². The molecule has 0 saturated carbocycles. The number of carbonyl (C=O) groups excluding carboxylic acids is 1. The van der Waals surface area contributed by atoms with Gasteiger partial charge in [0.05, 0.1) is 6.61 Å². The van der Waals surface area contributed by atoms with Crippen LogP contribution in [-0.4, -0.2) is 18.6 Å². The van der Waals surface area contributed by atoms with E-state index >= 15 is 0 Å². The second kappa shape index (κ2) is 9.56. The Hall–Kier alpha value is -1.35. The molecule has 0 aliphatic carbocycles. The fourth-order valence-corrected chi connectivity index (χ4v) is 2.37. The van der Waals surface area contributed by atoms with Gasteiger partial charge in [0, 0.05) is 6.04 Å². The number of esters is 1. The van der Waals surface area contributed by atoms with Crippen LogP contribution in [0.15, 0.2) is 30.3 Å². The molecule has 0 radical (unpaired) electrons. The number of hydrogen-bond donors (Lipinski definition) is 1. The maximum atomic E-state index is 12.2. The molecular formula is C18H29NO2. The van der Waals surface area contributed by atoms with Crippen LogP contribution in [0.3, 0.4) is 0 Å². The van der Waals surface area contributed by atoms with Crippen molar-refractivity contribution in [1.82, 2.24) is 5.32 Å². The third-order valence-corrected chi connectivity index (χ3v) is 3.53.